The van der Waals surface area contributed by atoms with E-state index in [0.29, 0.717) is 13.1 Å². The van der Waals surface area contributed by atoms with E-state index in [0.717, 1.165) is 0 Å². The number of nitrogens with one attached hydrogen (secondary N) is 1. The fourth-order valence-corrected chi connectivity index (χ4v) is 2.21. The van der Waals surface area contributed by atoms with Crippen molar-refractivity contribution in [2.24, 2.45) is 5.73 Å². The van der Waals surface area contributed by atoms with Crippen LogP contribution in [0, 0.1) is 0 Å². The standard InChI is InChI=1S/C12H15ClN6O2/c1-3-18-9(7(13)5-15-18)12(21)17-8-6-16-19(4-2)10(8)11(14)20/h5-6H,3-4H2,1-2H3,(H2,14,20)(H,17,21). The van der Waals surface area contributed by atoms with Crippen molar-refractivity contribution in [3.05, 3.63) is 28.8 Å². The number of carbonyl (C=O) groups is 2. The summed E-state index contributed by atoms with van der Waals surface area (Å²) in [5.41, 5.74) is 5.93. The van der Waals surface area contributed by atoms with Gasteiger partial charge in [0.15, 0.2) is 0 Å². The first-order chi connectivity index (χ1) is 9.99. The molecular weight excluding hydrogens is 296 g/mol. The maximum atomic E-state index is 12.3. The first-order valence-electron chi connectivity index (χ1n) is 6.37. The van der Waals surface area contributed by atoms with E-state index in [-0.39, 0.29) is 22.1 Å². The highest BCUT2D eigenvalue weighted by Gasteiger charge is 2.21. The second kappa shape index (κ2) is 5.96. The highest BCUT2D eigenvalue weighted by Crippen LogP contribution is 2.19. The van der Waals surface area contributed by atoms with Crippen LogP contribution in [0.2, 0.25) is 5.02 Å². The topological polar surface area (TPSA) is 108 Å². The first-order valence-corrected chi connectivity index (χ1v) is 6.75. The Hall–Kier alpha value is -2.35. The third-order valence-corrected chi connectivity index (χ3v) is 3.21. The van der Waals surface area contributed by atoms with Gasteiger partial charge in [-0.1, -0.05) is 11.6 Å². The number of nitrogens with two attached hydrogens (primary N) is 1. The lowest BCUT2D eigenvalue weighted by atomic mass is 10.3. The summed E-state index contributed by atoms with van der Waals surface area (Å²) in [5.74, 6) is -1.14. The van der Waals surface area contributed by atoms with Crippen LogP contribution < -0.4 is 11.1 Å². The molecule has 2 heterocycles. The van der Waals surface area contributed by atoms with Crippen LogP contribution in [-0.4, -0.2) is 31.4 Å². The second-order valence-corrected chi connectivity index (χ2v) is 4.61. The van der Waals surface area contributed by atoms with Crippen molar-refractivity contribution < 1.29 is 9.59 Å². The van der Waals surface area contributed by atoms with Crippen molar-refractivity contribution >= 4 is 29.1 Å². The predicted molar refractivity (Wildman–Crippen MR) is 77.3 cm³/mol. The quantitative estimate of drug-likeness (QED) is 0.862. The molecule has 0 saturated heterocycles. The van der Waals surface area contributed by atoms with Gasteiger partial charge in [0, 0.05) is 13.1 Å². The minimum atomic E-state index is -0.667. The van der Waals surface area contributed by atoms with Gasteiger partial charge in [-0.15, -0.1) is 0 Å². The zero-order valence-corrected chi connectivity index (χ0v) is 12.4. The molecule has 0 unspecified atom stereocenters. The molecule has 2 aromatic heterocycles. The number of carbonyl (C=O) groups excluding carboxylic acids is 2. The summed E-state index contributed by atoms with van der Waals surface area (Å²) in [7, 11) is 0. The third kappa shape index (κ3) is 2.75. The van der Waals surface area contributed by atoms with Crippen LogP contribution >= 0.6 is 11.6 Å². The van der Waals surface area contributed by atoms with Gasteiger partial charge in [-0.2, -0.15) is 10.2 Å². The molecule has 0 fully saturated rings. The zero-order valence-electron chi connectivity index (χ0n) is 11.6. The summed E-state index contributed by atoms with van der Waals surface area (Å²) in [6.45, 7) is 4.60. The summed E-state index contributed by atoms with van der Waals surface area (Å²) in [6.07, 6.45) is 2.77. The van der Waals surface area contributed by atoms with Crippen LogP contribution in [0.15, 0.2) is 12.4 Å². The summed E-state index contributed by atoms with van der Waals surface area (Å²) in [5, 5.41) is 10.8. The molecule has 0 atom stereocenters. The van der Waals surface area contributed by atoms with E-state index in [1.54, 1.807) is 0 Å². The SMILES string of the molecule is CCn1ncc(Cl)c1C(=O)Nc1cnn(CC)c1C(N)=O. The molecule has 9 heteroatoms. The summed E-state index contributed by atoms with van der Waals surface area (Å²) in [4.78, 5) is 23.8. The Bertz CT molecular complexity index is 690. The molecule has 2 rings (SSSR count). The molecule has 2 amide bonds. The second-order valence-electron chi connectivity index (χ2n) is 4.20. The zero-order chi connectivity index (χ0) is 15.6. The molecule has 0 saturated carbocycles. The fourth-order valence-electron chi connectivity index (χ4n) is 1.99. The maximum Gasteiger partial charge on any atom is 0.275 e. The Morgan fingerprint density at radius 1 is 1.19 bits per heavy atom. The van der Waals surface area contributed by atoms with E-state index in [1.165, 1.54) is 21.8 Å². The van der Waals surface area contributed by atoms with E-state index < -0.39 is 11.8 Å². The minimum Gasteiger partial charge on any atom is -0.364 e. The van der Waals surface area contributed by atoms with Crippen molar-refractivity contribution in [2.45, 2.75) is 26.9 Å². The monoisotopic (exact) mass is 310 g/mol. The fraction of sp³-hybridized carbons (Fsp3) is 0.333. The largest absolute Gasteiger partial charge is 0.364 e. The van der Waals surface area contributed by atoms with Crippen molar-refractivity contribution in [2.75, 3.05) is 5.32 Å². The molecule has 2 aromatic rings. The molecule has 21 heavy (non-hydrogen) atoms. The number of anilines is 1. The van der Waals surface area contributed by atoms with Crippen molar-refractivity contribution in [3.63, 3.8) is 0 Å². The average molecular weight is 311 g/mol. The van der Waals surface area contributed by atoms with E-state index >= 15 is 0 Å². The van der Waals surface area contributed by atoms with Gasteiger partial charge in [0.1, 0.15) is 11.4 Å². The Morgan fingerprint density at radius 2 is 1.76 bits per heavy atom. The van der Waals surface area contributed by atoms with E-state index in [1.807, 2.05) is 13.8 Å². The van der Waals surface area contributed by atoms with Gasteiger partial charge >= 0.3 is 0 Å². The van der Waals surface area contributed by atoms with Gasteiger partial charge in [-0.3, -0.25) is 19.0 Å². The number of primary amides is 1. The van der Waals surface area contributed by atoms with Gasteiger partial charge in [0.25, 0.3) is 11.8 Å². The van der Waals surface area contributed by atoms with Gasteiger partial charge in [-0.05, 0) is 13.8 Å². The van der Waals surface area contributed by atoms with Crippen molar-refractivity contribution in [1.29, 1.82) is 0 Å². The molecule has 0 bridgehead atoms. The van der Waals surface area contributed by atoms with Gasteiger partial charge < -0.3 is 11.1 Å². The molecular formula is C12H15ClN6O2. The van der Waals surface area contributed by atoms with Gasteiger partial charge in [-0.25, -0.2) is 0 Å². The van der Waals surface area contributed by atoms with Gasteiger partial charge in [0.2, 0.25) is 0 Å². The highest BCUT2D eigenvalue weighted by atomic mass is 35.5. The van der Waals surface area contributed by atoms with Crippen LogP contribution in [0.3, 0.4) is 0 Å². The molecule has 0 aromatic carbocycles. The first kappa shape index (κ1) is 15.0. The third-order valence-electron chi connectivity index (χ3n) is 2.93. The number of hydrogen-bond donors (Lipinski definition) is 2. The summed E-state index contributed by atoms with van der Waals surface area (Å²) < 4.78 is 2.88. The Balaban J connectivity index is 2.34. The summed E-state index contributed by atoms with van der Waals surface area (Å²) >= 11 is 5.96. The summed E-state index contributed by atoms with van der Waals surface area (Å²) in [6, 6.07) is 0. The molecule has 8 nitrogen and oxygen atoms in total. The lowest BCUT2D eigenvalue weighted by Gasteiger charge is -2.08. The van der Waals surface area contributed by atoms with Crippen LogP contribution in [0.5, 0.6) is 0 Å². The molecule has 3 N–H and O–H groups in total. The molecule has 0 aliphatic rings. The maximum absolute atomic E-state index is 12.3. The number of aryl methyl sites for hydroxylation is 2. The number of aromatic nitrogens is 4. The number of halogens is 1. The number of amides is 2. The molecule has 0 spiro atoms. The Morgan fingerprint density at radius 3 is 2.33 bits per heavy atom. The number of hydrogen-bond acceptors (Lipinski definition) is 4. The number of rotatable bonds is 5. The lowest BCUT2D eigenvalue weighted by Crippen LogP contribution is -2.22. The molecule has 0 aliphatic carbocycles. The Kier molecular flexibility index (Phi) is 4.27. The van der Waals surface area contributed by atoms with Gasteiger partial charge in [0.05, 0.1) is 23.1 Å². The predicted octanol–water partition coefficient (Wildman–Crippen LogP) is 1.12. The average Bonchev–Trinajstić information content (AvgIpc) is 3.01. The Labute approximate surface area is 125 Å². The van der Waals surface area contributed by atoms with Crippen LogP contribution in [-0.2, 0) is 13.1 Å². The highest BCUT2D eigenvalue weighted by molar-refractivity contribution is 6.34. The molecule has 0 radical (unpaired) electrons. The van der Waals surface area contributed by atoms with Crippen molar-refractivity contribution in [1.82, 2.24) is 19.6 Å². The molecule has 112 valence electrons. The van der Waals surface area contributed by atoms with Crippen molar-refractivity contribution in [3.8, 4) is 0 Å². The number of nitrogens with zero attached hydrogens (tertiary/aromatic N) is 4. The lowest BCUT2D eigenvalue weighted by molar-refractivity contribution is 0.0991. The van der Waals surface area contributed by atoms with E-state index in [4.69, 9.17) is 17.3 Å². The van der Waals surface area contributed by atoms with E-state index in [9.17, 15) is 9.59 Å². The normalized spacial score (nSPS) is 10.6. The minimum absolute atomic E-state index is 0.143. The van der Waals surface area contributed by atoms with Crippen LogP contribution in [0.25, 0.3) is 0 Å². The smallest absolute Gasteiger partial charge is 0.275 e. The molecule has 0 aliphatic heterocycles. The van der Waals surface area contributed by atoms with E-state index in [2.05, 4.69) is 15.5 Å². The van der Waals surface area contributed by atoms with Crippen LogP contribution in [0.4, 0.5) is 5.69 Å². The van der Waals surface area contributed by atoms with Crippen LogP contribution in [0.1, 0.15) is 34.8 Å².